The minimum absolute atomic E-state index is 0.224. The highest BCUT2D eigenvalue weighted by atomic mass is 19.4. The summed E-state index contributed by atoms with van der Waals surface area (Å²) in [4.78, 5) is 21.0. The van der Waals surface area contributed by atoms with Crippen LogP contribution in [0, 0.1) is 15.9 Å². The molecule has 184 valence electrons. The fraction of sp³-hybridized carbons (Fsp3) is 0.364. The summed E-state index contributed by atoms with van der Waals surface area (Å²) in [6, 6.07) is 7.03. The Kier molecular flexibility index (Phi) is 5.38. The molecule has 13 heteroatoms. The van der Waals surface area contributed by atoms with E-state index in [2.05, 4.69) is 19.6 Å². The molecule has 2 aliphatic heterocycles. The maximum atomic E-state index is 14.1. The van der Waals surface area contributed by atoms with Gasteiger partial charge in [0.2, 0.25) is 0 Å². The third kappa shape index (κ3) is 4.76. The summed E-state index contributed by atoms with van der Waals surface area (Å²) in [5.74, 6) is -2.27. The van der Waals surface area contributed by atoms with Gasteiger partial charge in [0.25, 0.3) is 0 Å². The molecule has 0 unspecified atom stereocenters. The predicted octanol–water partition coefficient (Wildman–Crippen LogP) is 4.10. The summed E-state index contributed by atoms with van der Waals surface area (Å²) in [5.41, 5.74) is 2.01. The van der Waals surface area contributed by atoms with E-state index in [-0.39, 0.29) is 11.8 Å². The van der Waals surface area contributed by atoms with Crippen LogP contribution in [-0.4, -0.2) is 49.4 Å². The van der Waals surface area contributed by atoms with Gasteiger partial charge in [-0.3, -0.25) is 14.5 Å². The first-order valence-corrected chi connectivity index (χ1v) is 10.7. The van der Waals surface area contributed by atoms with Gasteiger partial charge in [0.05, 0.1) is 12.2 Å². The summed E-state index contributed by atoms with van der Waals surface area (Å²) >= 11 is 0. The number of hydrogen-bond donors (Lipinski definition) is 0. The second-order valence-corrected chi connectivity index (χ2v) is 8.77. The molecule has 9 nitrogen and oxygen atoms in total. The topological polar surface area (TPSA) is 95.6 Å². The van der Waals surface area contributed by atoms with Crippen molar-refractivity contribution in [2.45, 2.75) is 38.4 Å². The number of rotatable bonds is 5. The summed E-state index contributed by atoms with van der Waals surface area (Å²) in [5, 5.41) is 10.9. The number of pyridine rings is 1. The molecule has 1 atom stereocenters. The quantitative estimate of drug-likeness (QED) is 0.300. The van der Waals surface area contributed by atoms with Gasteiger partial charge in [-0.2, -0.15) is 0 Å². The van der Waals surface area contributed by atoms with E-state index in [4.69, 9.17) is 4.74 Å². The third-order valence-corrected chi connectivity index (χ3v) is 5.90. The molecule has 4 heterocycles. The van der Waals surface area contributed by atoms with Gasteiger partial charge >= 0.3 is 18.2 Å². The monoisotopic (exact) mass is 493 g/mol. The lowest BCUT2D eigenvalue weighted by Crippen LogP contribution is -2.46. The van der Waals surface area contributed by atoms with Gasteiger partial charge in [0.15, 0.2) is 11.6 Å². The van der Waals surface area contributed by atoms with Gasteiger partial charge in [-0.1, -0.05) is 6.07 Å². The zero-order valence-electron chi connectivity index (χ0n) is 18.4. The van der Waals surface area contributed by atoms with Crippen LogP contribution in [0.2, 0.25) is 0 Å². The van der Waals surface area contributed by atoms with Crippen LogP contribution in [0.15, 0.2) is 36.5 Å². The zero-order valence-corrected chi connectivity index (χ0v) is 18.4. The number of aromatic nitrogens is 3. The van der Waals surface area contributed by atoms with Gasteiger partial charge in [-0.25, -0.2) is 4.39 Å². The molecule has 5 rings (SSSR count). The first-order chi connectivity index (χ1) is 16.5. The number of benzene rings is 1. The van der Waals surface area contributed by atoms with E-state index in [1.807, 2.05) is 13.0 Å². The van der Waals surface area contributed by atoms with E-state index in [1.54, 1.807) is 10.6 Å². The van der Waals surface area contributed by atoms with Gasteiger partial charge < -0.3 is 19.6 Å². The molecule has 35 heavy (non-hydrogen) atoms. The largest absolute Gasteiger partial charge is 0.573 e. The molecular weight excluding hydrogens is 474 g/mol. The number of alkyl halides is 3. The number of nitro groups is 1. The number of ether oxygens (including phenoxy) is 2. The lowest BCUT2D eigenvalue weighted by atomic mass is 10.0. The average molecular weight is 493 g/mol. The Morgan fingerprint density at radius 2 is 2.06 bits per heavy atom. The smallest absolute Gasteiger partial charge is 0.436 e. The van der Waals surface area contributed by atoms with Crippen molar-refractivity contribution in [2.75, 3.05) is 13.1 Å². The van der Waals surface area contributed by atoms with Gasteiger partial charge in [0, 0.05) is 42.3 Å². The van der Waals surface area contributed by atoms with Crippen LogP contribution < -0.4 is 9.47 Å². The van der Waals surface area contributed by atoms with E-state index < -0.39 is 28.5 Å². The van der Waals surface area contributed by atoms with Crippen molar-refractivity contribution in [3.05, 3.63) is 63.7 Å². The molecule has 0 N–H and O–H groups in total. The number of imidazole rings is 1. The van der Waals surface area contributed by atoms with E-state index in [0.717, 1.165) is 23.4 Å². The minimum Gasteiger partial charge on any atom is -0.436 e. The first-order valence-electron chi connectivity index (χ1n) is 10.7. The molecule has 0 saturated heterocycles. The first kappa shape index (κ1) is 23.0. The van der Waals surface area contributed by atoms with E-state index in [0.29, 0.717) is 43.9 Å². The molecule has 0 fully saturated rings. The molecule has 0 radical (unpaired) electrons. The third-order valence-electron chi connectivity index (χ3n) is 5.90. The average Bonchev–Trinajstić information content (AvgIpc) is 3.29. The maximum absolute atomic E-state index is 14.1. The van der Waals surface area contributed by atoms with Gasteiger partial charge in [-0.15, -0.1) is 13.2 Å². The van der Waals surface area contributed by atoms with Crippen LogP contribution >= 0.6 is 0 Å². The Morgan fingerprint density at radius 3 is 2.74 bits per heavy atom. The second-order valence-electron chi connectivity index (χ2n) is 8.77. The Balaban J connectivity index is 1.26. The van der Waals surface area contributed by atoms with Crippen molar-refractivity contribution in [2.24, 2.45) is 0 Å². The molecular formula is C22H19F4N5O4. The van der Waals surface area contributed by atoms with Crippen LogP contribution in [-0.2, 0) is 19.5 Å². The minimum atomic E-state index is -4.98. The lowest BCUT2D eigenvalue weighted by molar-refractivity contribution is -0.389. The van der Waals surface area contributed by atoms with Crippen LogP contribution in [0.1, 0.15) is 18.2 Å². The Bertz CT molecular complexity index is 1290. The van der Waals surface area contributed by atoms with Crippen molar-refractivity contribution in [1.82, 2.24) is 19.4 Å². The number of nitrogens with zero attached hydrogens (tertiary/aromatic N) is 5. The summed E-state index contributed by atoms with van der Waals surface area (Å²) in [6.45, 7) is 4.19. The zero-order chi connectivity index (χ0) is 25.0. The molecule has 0 aliphatic carbocycles. The highest BCUT2D eigenvalue weighted by Crippen LogP contribution is 2.33. The number of fused-ring (bicyclic) bond motifs is 2. The molecule has 2 aliphatic rings. The normalized spacial score (nSPS) is 19.7. The van der Waals surface area contributed by atoms with Crippen molar-refractivity contribution in [3.63, 3.8) is 0 Å². The van der Waals surface area contributed by atoms with Crippen molar-refractivity contribution < 1.29 is 32.0 Å². The number of hydrogen-bond acceptors (Lipinski definition) is 7. The fourth-order valence-electron chi connectivity index (χ4n) is 4.47. The van der Waals surface area contributed by atoms with Crippen LogP contribution in [0.5, 0.6) is 11.8 Å². The molecule has 1 aromatic carbocycles. The van der Waals surface area contributed by atoms with E-state index >= 15 is 0 Å². The Morgan fingerprint density at radius 1 is 1.26 bits per heavy atom. The summed E-state index contributed by atoms with van der Waals surface area (Å²) in [6.07, 6.45) is -2.99. The van der Waals surface area contributed by atoms with Crippen LogP contribution in [0.25, 0.3) is 11.3 Å². The van der Waals surface area contributed by atoms with Crippen LogP contribution in [0.3, 0.4) is 0 Å². The van der Waals surface area contributed by atoms with Crippen LogP contribution in [0.4, 0.5) is 23.4 Å². The SMILES string of the molecule is C[C@]1(CN2CCc3nc(-c4ccc(OC(F)(F)F)c(F)c4)ccc3C2)Cn2cc([N+](=O)[O-])nc2O1. The molecule has 0 spiro atoms. The Hall–Kier alpha value is -3.74. The molecule has 0 saturated carbocycles. The highest BCUT2D eigenvalue weighted by Gasteiger charge is 2.42. The molecule has 3 aromatic rings. The van der Waals surface area contributed by atoms with Crippen molar-refractivity contribution in [3.8, 4) is 23.0 Å². The summed E-state index contributed by atoms with van der Waals surface area (Å²) < 4.78 is 62.5. The summed E-state index contributed by atoms with van der Waals surface area (Å²) in [7, 11) is 0. The highest BCUT2D eigenvalue weighted by molar-refractivity contribution is 5.61. The van der Waals surface area contributed by atoms with Crippen molar-refractivity contribution in [1.29, 1.82) is 0 Å². The molecule has 0 bridgehead atoms. The standard InChI is InChI=1S/C22H19F4N5O4/c1-21(12-30-10-19(31(32)33)28-20(30)35-21)11-29-7-6-17-14(9-29)2-4-16(27-17)13-3-5-18(15(23)8-13)34-22(24,25)26/h2-5,8,10H,6-7,9,11-12H2,1H3/t21-/m0/s1. The van der Waals surface area contributed by atoms with E-state index in [1.165, 1.54) is 12.3 Å². The number of halogens is 4. The van der Waals surface area contributed by atoms with E-state index in [9.17, 15) is 27.7 Å². The Labute approximate surface area is 196 Å². The molecule has 0 amide bonds. The molecule has 2 aromatic heterocycles. The predicted molar refractivity (Wildman–Crippen MR) is 113 cm³/mol. The van der Waals surface area contributed by atoms with Crippen molar-refractivity contribution >= 4 is 5.82 Å². The maximum Gasteiger partial charge on any atom is 0.573 e. The lowest BCUT2D eigenvalue weighted by Gasteiger charge is -2.34. The van der Waals surface area contributed by atoms with Gasteiger partial charge in [-0.05, 0) is 41.7 Å². The second kappa shape index (κ2) is 8.18. The van der Waals surface area contributed by atoms with Gasteiger partial charge in [0.1, 0.15) is 11.8 Å². The fourth-order valence-corrected chi connectivity index (χ4v) is 4.47.